The van der Waals surface area contributed by atoms with Crippen LogP contribution in [0.2, 0.25) is 5.02 Å². The van der Waals surface area contributed by atoms with Crippen LogP contribution in [0.1, 0.15) is 27.4 Å². The maximum absolute atomic E-state index is 13.3. The van der Waals surface area contributed by atoms with Gasteiger partial charge in [-0.3, -0.25) is 4.79 Å². The standard InChI is InChI=1S/C13H10ClFO2/c1-7-5-10(8(2)17-7)13(16)9-3-4-11(14)12(15)6-9/h3-6H,1-2H3. The average molecular weight is 253 g/mol. The number of rotatable bonds is 2. The van der Waals surface area contributed by atoms with Crippen molar-refractivity contribution >= 4 is 17.4 Å². The quantitative estimate of drug-likeness (QED) is 0.759. The number of aryl methyl sites for hydroxylation is 2. The highest BCUT2D eigenvalue weighted by Gasteiger charge is 2.16. The van der Waals surface area contributed by atoms with Crippen LogP contribution in [0.3, 0.4) is 0 Å². The Morgan fingerprint density at radius 1 is 1.29 bits per heavy atom. The Kier molecular flexibility index (Phi) is 3.03. The van der Waals surface area contributed by atoms with E-state index in [-0.39, 0.29) is 16.4 Å². The van der Waals surface area contributed by atoms with E-state index in [4.69, 9.17) is 16.0 Å². The van der Waals surface area contributed by atoms with Crippen LogP contribution < -0.4 is 0 Å². The van der Waals surface area contributed by atoms with Crippen molar-refractivity contribution in [3.8, 4) is 0 Å². The zero-order chi connectivity index (χ0) is 12.6. The molecule has 0 amide bonds. The monoisotopic (exact) mass is 252 g/mol. The molecule has 1 heterocycles. The van der Waals surface area contributed by atoms with Crippen LogP contribution in [-0.2, 0) is 0 Å². The van der Waals surface area contributed by atoms with Gasteiger partial charge in [-0.2, -0.15) is 0 Å². The highest BCUT2D eigenvalue weighted by Crippen LogP contribution is 2.21. The van der Waals surface area contributed by atoms with Crippen molar-refractivity contribution in [3.63, 3.8) is 0 Å². The number of carbonyl (C=O) groups excluding carboxylic acids is 1. The fourth-order valence-corrected chi connectivity index (χ4v) is 1.77. The summed E-state index contributed by atoms with van der Waals surface area (Å²) >= 11 is 5.56. The van der Waals surface area contributed by atoms with Crippen LogP contribution >= 0.6 is 11.6 Å². The fraction of sp³-hybridized carbons (Fsp3) is 0.154. The molecule has 0 aliphatic rings. The molecule has 0 fully saturated rings. The molecule has 0 aliphatic heterocycles. The summed E-state index contributed by atoms with van der Waals surface area (Å²) in [4.78, 5) is 12.1. The van der Waals surface area contributed by atoms with Crippen molar-refractivity contribution in [3.05, 3.63) is 57.8 Å². The number of hydrogen-bond acceptors (Lipinski definition) is 2. The lowest BCUT2D eigenvalue weighted by Crippen LogP contribution is -2.02. The van der Waals surface area contributed by atoms with Crippen LogP contribution in [0.15, 0.2) is 28.7 Å². The van der Waals surface area contributed by atoms with Gasteiger partial charge in [0.15, 0.2) is 5.78 Å². The summed E-state index contributed by atoms with van der Waals surface area (Å²) in [5, 5.41) is 0.00152. The van der Waals surface area contributed by atoms with E-state index in [1.54, 1.807) is 19.9 Å². The van der Waals surface area contributed by atoms with Gasteiger partial charge in [0, 0.05) is 5.56 Å². The molecule has 0 radical (unpaired) electrons. The first kappa shape index (κ1) is 11.9. The summed E-state index contributed by atoms with van der Waals surface area (Å²) in [5.41, 5.74) is 0.708. The minimum atomic E-state index is -0.601. The molecule has 1 aromatic carbocycles. The lowest BCUT2D eigenvalue weighted by atomic mass is 10.0. The molecule has 0 aliphatic carbocycles. The van der Waals surface area contributed by atoms with E-state index < -0.39 is 5.82 Å². The average Bonchev–Trinajstić information content (AvgIpc) is 2.61. The summed E-state index contributed by atoms with van der Waals surface area (Å²) in [6.45, 7) is 3.46. The number of halogens is 2. The van der Waals surface area contributed by atoms with Gasteiger partial charge in [0.1, 0.15) is 17.3 Å². The number of hydrogen-bond donors (Lipinski definition) is 0. The Bertz CT molecular complexity index is 587. The predicted octanol–water partition coefficient (Wildman–Crippen LogP) is 3.92. The van der Waals surface area contributed by atoms with Gasteiger partial charge in [0.05, 0.1) is 10.6 Å². The van der Waals surface area contributed by atoms with E-state index in [9.17, 15) is 9.18 Å². The minimum absolute atomic E-state index is 0.00152. The summed E-state index contributed by atoms with van der Waals surface area (Å²) in [7, 11) is 0. The third kappa shape index (κ3) is 2.24. The van der Waals surface area contributed by atoms with Crippen molar-refractivity contribution in [1.29, 1.82) is 0 Å². The summed E-state index contributed by atoms with van der Waals surface area (Å²) < 4.78 is 18.5. The van der Waals surface area contributed by atoms with E-state index in [0.29, 0.717) is 17.1 Å². The van der Waals surface area contributed by atoms with Gasteiger partial charge in [-0.25, -0.2) is 4.39 Å². The Morgan fingerprint density at radius 3 is 2.53 bits per heavy atom. The Morgan fingerprint density at radius 2 is 2.00 bits per heavy atom. The summed E-state index contributed by atoms with van der Waals surface area (Å²) in [6.07, 6.45) is 0. The molecule has 0 saturated carbocycles. The maximum atomic E-state index is 13.3. The molecule has 0 atom stereocenters. The van der Waals surface area contributed by atoms with Crippen molar-refractivity contribution in [1.82, 2.24) is 0 Å². The zero-order valence-electron chi connectivity index (χ0n) is 9.38. The molecule has 2 rings (SSSR count). The van der Waals surface area contributed by atoms with Crippen LogP contribution in [0.5, 0.6) is 0 Å². The predicted molar refractivity (Wildman–Crippen MR) is 63.0 cm³/mol. The Hall–Kier alpha value is -1.61. The molecular weight excluding hydrogens is 243 g/mol. The molecule has 2 nitrogen and oxygen atoms in total. The second-order valence-corrected chi connectivity index (χ2v) is 4.19. The van der Waals surface area contributed by atoms with E-state index in [1.165, 1.54) is 12.1 Å². The number of ketones is 1. The third-order valence-electron chi connectivity index (χ3n) is 2.47. The van der Waals surface area contributed by atoms with E-state index in [0.717, 1.165) is 6.07 Å². The van der Waals surface area contributed by atoms with Crippen LogP contribution in [0, 0.1) is 19.7 Å². The van der Waals surface area contributed by atoms with Gasteiger partial charge in [-0.05, 0) is 38.1 Å². The first-order valence-electron chi connectivity index (χ1n) is 5.06. The molecule has 0 N–H and O–H groups in total. The highest BCUT2D eigenvalue weighted by molar-refractivity contribution is 6.30. The molecule has 0 unspecified atom stereocenters. The molecule has 0 spiro atoms. The van der Waals surface area contributed by atoms with Crippen LogP contribution in [0.25, 0.3) is 0 Å². The molecule has 4 heteroatoms. The lowest BCUT2D eigenvalue weighted by molar-refractivity contribution is 0.103. The van der Waals surface area contributed by atoms with E-state index in [2.05, 4.69) is 0 Å². The molecule has 88 valence electrons. The molecular formula is C13H10ClFO2. The van der Waals surface area contributed by atoms with Gasteiger partial charge in [-0.15, -0.1) is 0 Å². The Balaban J connectivity index is 2.44. The zero-order valence-corrected chi connectivity index (χ0v) is 10.1. The fourth-order valence-electron chi connectivity index (χ4n) is 1.65. The number of carbonyl (C=O) groups is 1. The largest absolute Gasteiger partial charge is 0.466 e. The molecule has 2 aromatic rings. The van der Waals surface area contributed by atoms with Crippen molar-refractivity contribution in [2.75, 3.05) is 0 Å². The molecule has 0 bridgehead atoms. The lowest BCUT2D eigenvalue weighted by Gasteiger charge is -2.00. The van der Waals surface area contributed by atoms with E-state index in [1.807, 2.05) is 0 Å². The van der Waals surface area contributed by atoms with Gasteiger partial charge < -0.3 is 4.42 Å². The second-order valence-electron chi connectivity index (χ2n) is 3.78. The SMILES string of the molecule is Cc1cc(C(=O)c2ccc(Cl)c(F)c2)c(C)o1. The summed E-state index contributed by atoms with van der Waals surface area (Å²) in [5.74, 6) is 0.313. The minimum Gasteiger partial charge on any atom is -0.466 e. The first-order chi connectivity index (χ1) is 7.99. The smallest absolute Gasteiger partial charge is 0.196 e. The molecule has 17 heavy (non-hydrogen) atoms. The van der Waals surface area contributed by atoms with Crippen molar-refractivity contribution in [2.24, 2.45) is 0 Å². The van der Waals surface area contributed by atoms with Gasteiger partial charge >= 0.3 is 0 Å². The highest BCUT2D eigenvalue weighted by atomic mass is 35.5. The molecule has 1 aromatic heterocycles. The first-order valence-corrected chi connectivity index (χ1v) is 5.43. The van der Waals surface area contributed by atoms with Gasteiger partial charge in [-0.1, -0.05) is 11.6 Å². The van der Waals surface area contributed by atoms with E-state index >= 15 is 0 Å². The summed E-state index contributed by atoms with van der Waals surface area (Å²) in [6, 6.07) is 5.64. The maximum Gasteiger partial charge on any atom is 0.196 e. The van der Waals surface area contributed by atoms with Crippen molar-refractivity contribution < 1.29 is 13.6 Å². The normalized spacial score (nSPS) is 10.6. The molecule has 0 saturated heterocycles. The number of furan rings is 1. The van der Waals surface area contributed by atoms with Crippen LogP contribution in [0.4, 0.5) is 4.39 Å². The third-order valence-corrected chi connectivity index (χ3v) is 2.77. The Labute approximate surface area is 103 Å². The topological polar surface area (TPSA) is 30.2 Å². The van der Waals surface area contributed by atoms with Crippen LogP contribution in [-0.4, -0.2) is 5.78 Å². The van der Waals surface area contributed by atoms with Gasteiger partial charge in [0.25, 0.3) is 0 Å². The number of benzene rings is 1. The second kappa shape index (κ2) is 4.34. The van der Waals surface area contributed by atoms with Gasteiger partial charge in [0.2, 0.25) is 0 Å². The van der Waals surface area contributed by atoms with Crippen molar-refractivity contribution in [2.45, 2.75) is 13.8 Å².